The van der Waals surface area contributed by atoms with Gasteiger partial charge in [0.15, 0.2) is 0 Å². The van der Waals surface area contributed by atoms with Crippen molar-refractivity contribution in [2.75, 3.05) is 0 Å². The molecule has 1 aliphatic carbocycles. The van der Waals surface area contributed by atoms with Gasteiger partial charge in [-0.3, -0.25) is 14.5 Å². The number of benzene rings is 1. The van der Waals surface area contributed by atoms with Crippen LogP contribution >= 0.6 is 0 Å². The van der Waals surface area contributed by atoms with E-state index in [0.717, 1.165) is 24.0 Å². The van der Waals surface area contributed by atoms with E-state index < -0.39 is 23.6 Å². The molecule has 1 aliphatic rings. The second-order valence-electron chi connectivity index (χ2n) is 8.56. The van der Waals surface area contributed by atoms with Gasteiger partial charge >= 0.3 is 6.18 Å². The van der Waals surface area contributed by atoms with E-state index in [2.05, 4.69) is 22.0 Å². The lowest BCUT2D eigenvalue weighted by molar-refractivity contribution is -0.0865. The highest BCUT2D eigenvalue weighted by atomic mass is 19.4. The van der Waals surface area contributed by atoms with Crippen LogP contribution in [0.3, 0.4) is 0 Å². The molecular weight excluding hydrogens is 459 g/mol. The van der Waals surface area contributed by atoms with Crippen LogP contribution in [0, 0.1) is 0 Å². The third-order valence-electron chi connectivity index (χ3n) is 5.78. The topological polar surface area (TPSA) is 116 Å². The second kappa shape index (κ2) is 8.97. The van der Waals surface area contributed by atoms with Crippen LogP contribution in [0.1, 0.15) is 37.5 Å². The zero-order chi connectivity index (χ0) is 25.5. The summed E-state index contributed by atoms with van der Waals surface area (Å²) in [6.45, 7) is 4.93. The molecule has 0 amide bonds. The van der Waals surface area contributed by atoms with E-state index in [9.17, 15) is 18.0 Å². The lowest BCUT2D eigenvalue weighted by Gasteiger charge is -2.19. The maximum atomic E-state index is 13.7. The second-order valence-corrected chi connectivity index (χ2v) is 8.56. The van der Waals surface area contributed by atoms with Crippen LogP contribution in [-0.2, 0) is 7.05 Å². The normalized spacial score (nSPS) is 15.9. The number of fused-ring (bicyclic) bond motifs is 1. The fourth-order valence-corrected chi connectivity index (χ4v) is 4.04. The smallest absolute Gasteiger partial charge is 0.386 e. The minimum atomic E-state index is -4.77. The molecule has 184 valence electrons. The summed E-state index contributed by atoms with van der Waals surface area (Å²) in [7, 11) is 1.79. The van der Waals surface area contributed by atoms with Gasteiger partial charge in [0, 0.05) is 36.7 Å². The van der Waals surface area contributed by atoms with Crippen LogP contribution in [0.2, 0.25) is 0 Å². The monoisotopic (exact) mass is 485 g/mol. The van der Waals surface area contributed by atoms with Gasteiger partial charge in [0.2, 0.25) is 0 Å². The highest BCUT2D eigenvalue weighted by Gasteiger charge is 2.37. The Balaban J connectivity index is 1.85. The molecule has 1 fully saturated rings. The van der Waals surface area contributed by atoms with Gasteiger partial charge in [-0.15, -0.1) is 0 Å². The number of nitrogens with one attached hydrogen (secondary N) is 1. The largest absolute Gasteiger partial charge is 0.421 e. The molecule has 1 aromatic carbocycles. The average Bonchev–Trinajstić information content (AvgIpc) is 3.51. The molecule has 0 saturated heterocycles. The number of aliphatic imine (C=N–C) groups is 1. The van der Waals surface area contributed by atoms with Gasteiger partial charge in [-0.25, -0.2) is 0 Å². The Morgan fingerprint density at radius 1 is 1.34 bits per heavy atom. The molecule has 0 spiro atoms. The minimum absolute atomic E-state index is 0.0393. The quantitative estimate of drug-likeness (QED) is 0.349. The zero-order valence-electron chi connectivity index (χ0n) is 19.3. The van der Waals surface area contributed by atoms with Crippen LogP contribution in [-0.4, -0.2) is 26.4 Å². The Hall–Kier alpha value is -4.02. The van der Waals surface area contributed by atoms with Gasteiger partial charge in [-0.1, -0.05) is 24.8 Å². The SMILES string of the molecule is C=C(N)NC=C(C(N)=N[C@@H](C)c1cc2cccc(-c3cnn(C)c3)c2c(=O)n1C1CC1)C(F)(F)F. The zero-order valence-corrected chi connectivity index (χ0v) is 19.3. The molecule has 11 heteroatoms. The van der Waals surface area contributed by atoms with Crippen molar-refractivity contribution in [1.29, 1.82) is 0 Å². The lowest BCUT2D eigenvalue weighted by atomic mass is 10.00. The Morgan fingerprint density at radius 2 is 2.06 bits per heavy atom. The number of nitrogens with two attached hydrogens (primary N) is 2. The summed E-state index contributed by atoms with van der Waals surface area (Å²) in [5.41, 5.74) is 11.7. The van der Waals surface area contributed by atoms with Crippen molar-refractivity contribution in [2.24, 2.45) is 23.5 Å². The summed E-state index contributed by atoms with van der Waals surface area (Å²) in [4.78, 5) is 17.8. The number of alkyl halides is 3. The minimum Gasteiger partial charge on any atom is -0.386 e. The van der Waals surface area contributed by atoms with Crippen molar-refractivity contribution in [2.45, 2.75) is 38.0 Å². The van der Waals surface area contributed by atoms with Gasteiger partial charge in [0.25, 0.3) is 5.56 Å². The first-order valence-electron chi connectivity index (χ1n) is 11.0. The molecule has 2 aromatic heterocycles. The number of aromatic nitrogens is 3. The molecule has 35 heavy (non-hydrogen) atoms. The summed E-state index contributed by atoms with van der Waals surface area (Å²) in [6.07, 6.45) is 0.972. The first-order valence-corrected chi connectivity index (χ1v) is 11.0. The molecule has 4 rings (SSSR count). The summed E-state index contributed by atoms with van der Waals surface area (Å²) in [5, 5.41) is 7.61. The van der Waals surface area contributed by atoms with Crippen LogP contribution in [0.4, 0.5) is 13.2 Å². The van der Waals surface area contributed by atoms with Gasteiger partial charge in [-0.05, 0) is 36.8 Å². The molecule has 2 heterocycles. The summed E-state index contributed by atoms with van der Waals surface area (Å²) in [5.74, 6) is -0.896. The third kappa shape index (κ3) is 4.93. The first kappa shape index (κ1) is 24.1. The molecule has 5 N–H and O–H groups in total. The van der Waals surface area contributed by atoms with Crippen molar-refractivity contribution in [3.8, 4) is 11.1 Å². The van der Waals surface area contributed by atoms with Crippen LogP contribution in [0.15, 0.2) is 70.6 Å². The molecule has 0 unspecified atom stereocenters. The maximum absolute atomic E-state index is 13.7. The van der Waals surface area contributed by atoms with E-state index in [1.54, 1.807) is 41.5 Å². The molecule has 3 aromatic rings. The van der Waals surface area contributed by atoms with Crippen molar-refractivity contribution in [3.63, 3.8) is 0 Å². The molecular formula is C24H26F3N7O. The van der Waals surface area contributed by atoms with E-state index in [0.29, 0.717) is 22.7 Å². The fraction of sp³-hybridized carbons (Fsp3) is 0.292. The summed E-state index contributed by atoms with van der Waals surface area (Å²) >= 11 is 0. The van der Waals surface area contributed by atoms with Gasteiger partial charge in [0.05, 0.1) is 23.4 Å². The maximum Gasteiger partial charge on any atom is 0.421 e. The number of rotatable bonds is 7. The number of aryl methyl sites for hydroxylation is 1. The summed E-state index contributed by atoms with van der Waals surface area (Å²) in [6, 6.07) is 6.43. The molecule has 1 atom stereocenters. The fourth-order valence-electron chi connectivity index (χ4n) is 4.04. The Morgan fingerprint density at radius 3 is 2.63 bits per heavy atom. The number of halogens is 3. The van der Waals surface area contributed by atoms with E-state index in [-0.39, 0.29) is 17.4 Å². The Bertz CT molecular complexity index is 1410. The molecule has 0 bridgehead atoms. The van der Waals surface area contributed by atoms with Crippen molar-refractivity contribution in [3.05, 3.63) is 76.9 Å². The predicted octanol–water partition coefficient (Wildman–Crippen LogP) is 3.62. The van der Waals surface area contributed by atoms with Crippen LogP contribution in [0.5, 0.6) is 0 Å². The van der Waals surface area contributed by atoms with Crippen LogP contribution in [0.25, 0.3) is 21.9 Å². The number of pyridine rings is 1. The van der Waals surface area contributed by atoms with Gasteiger partial charge in [-0.2, -0.15) is 18.3 Å². The predicted molar refractivity (Wildman–Crippen MR) is 129 cm³/mol. The van der Waals surface area contributed by atoms with E-state index in [4.69, 9.17) is 11.5 Å². The number of hydrogen-bond acceptors (Lipinski definition) is 5. The van der Waals surface area contributed by atoms with E-state index >= 15 is 0 Å². The van der Waals surface area contributed by atoms with E-state index in [1.165, 1.54) is 0 Å². The number of amidine groups is 1. The average molecular weight is 486 g/mol. The molecule has 1 saturated carbocycles. The van der Waals surface area contributed by atoms with Gasteiger partial charge in [0.1, 0.15) is 11.4 Å². The van der Waals surface area contributed by atoms with Crippen molar-refractivity contribution >= 4 is 16.6 Å². The third-order valence-corrected chi connectivity index (χ3v) is 5.78. The van der Waals surface area contributed by atoms with E-state index in [1.807, 2.05) is 18.3 Å². The number of nitrogens with zero attached hydrogens (tertiary/aromatic N) is 4. The standard InChI is InChI=1S/C24H26F3N7O/c1-13(32-22(29)19(24(25,26)27)11-30-14(2)28)20-9-15-5-4-6-18(16-10-31-33(3)12-16)21(15)23(35)34(20)17-7-8-17/h4-6,9-13,17,30H,2,7-8,28H2,1,3H3,(H2,29,32)/t13-/m0/s1. The lowest BCUT2D eigenvalue weighted by Crippen LogP contribution is -2.30. The van der Waals surface area contributed by atoms with Crippen LogP contribution < -0.4 is 22.3 Å². The molecule has 0 radical (unpaired) electrons. The number of hydrogen-bond donors (Lipinski definition) is 3. The Labute approximate surface area is 199 Å². The highest BCUT2D eigenvalue weighted by Crippen LogP contribution is 2.38. The molecule has 0 aliphatic heterocycles. The van der Waals surface area contributed by atoms with Crippen molar-refractivity contribution in [1.82, 2.24) is 19.7 Å². The highest BCUT2D eigenvalue weighted by molar-refractivity contribution is 5.98. The Kier molecular flexibility index (Phi) is 6.18. The van der Waals surface area contributed by atoms with Crippen molar-refractivity contribution < 1.29 is 13.2 Å². The molecule has 8 nitrogen and oxygen atoms in total. The summed E-state index contributed by atoms with van der Waals surface area (Å²) < 4.78 is 44.0. The first-order chi connectivity index (χ1) is 16.5. The van der Waals surface area contributed by atoms with Gasteiger partial charge < -0.3 is 21.4 Å².